The van der Waals surface area contributed by atoms with Crippen LogP contribution in [0.15, 0.2) is 18.2 Å². The molecule has 0 saturated heterocycles. The summed E-state index contributed by atoms with van der Waals surface area (Å²) in [5.41, 5.74) is 7.89. The average molecular weight is 284 g/mol. The summed E-state index contributed by atoms with van der Waals surface area (Å²) >= 11 is 6.30. The van der Waals surface area contributed by atoms with E-state index in [-0.39, 0.29) is 0 Å². The van der Waals surface area contributed by atoms with Gasteiger partial charge in [-0.05, 0) is 57.3 Å². The third-order valence-corrected chi connectivity index (χ3v) is 3.63. The maximum absolute atomic E-state index is 6.30. The van der Waals surface area contributed by atoms with E-state index in [1.54, 1.807) is 0 Å². The van der Waals surface area contributed by atoms with E-state index in [0.717, 1.165) is 36.8 Å². The molecule has 0 spiro atoms. The van der Waals surface area contributed by atoms with Crippen molar-refractivity contribution in [3.8, 4) is 0 Å². The third kappa shape index (κ3) is 5.91. The lowest BCUT2D eigenvalue weighted by Crippen LogP contribution is -2.27. The van der Waals surface area contributed by atoms with Gasteiger partial charge in [-0.3, -0.25) is 4.90 Å². The molecule has 0 aromatic heterocycles. The van der Waals surface area contributed by atoms with Crippen molar-refractivity contribution >= 4 is 11.6 Å². The average Bonchev–Trinajstić information content (AvgIpc) is 2.39. The van der Waals surface area contributed by atoms with Crippen molar-refractivity contribution in [2.24, 2.45) is 5.73 Å². The van der Waals surface area contributed by atoms with Crippen LogP contribution in [-0.2, 0) is 13.1 Å². The zero-order valence-corrected chi connectivity index (χ0v) is 13.1. The molecular formula is C15H26ClN3. The predicted molar refractivity (Wildman–Crippen MR) is 83.5 cm³/mol. The van der Waals surface area contributed by atoms with Crippen LogP contribution in [0.3, 0.4) is 0 Å². The summed E-state index contributed by atoms with van der Waals surface area (Å²) in [5.74, 6) is 0. The number of nitrogens with two attached hydrogens (primary N) is 1. The van der Waals surface area contributed by atoms with Crippen molar-refractivity contribution in [3.05, 3.63) is 34.3 Å². The van der Waals surface area contributed by atoms with Crippen LogP contribution in [0.5, 0.6) is 0 Å². The highest BCUT2D eigenvalue weighted by Crippen LogP contribution is 2.19. The highest BCUT2D eigenvalue weighted by atomic mass is 35.5. The molecule has 0 atom stereocenters. The topological polar surface area (TPSA) is 32.5 Å². The molecule has 4 heteroatoms. The number of benzene rings is 1. The van der Waals surface area contributed by atoms with Gasteiger partial charge in [0, 0.05) is 18.1 Å². The van der Waals surface area contributed by atoms with Crippen LogP contribution in [0.25, 0.3) is 0 Å². The van der Waals surface area contributed by atoms with Crippen LogP contribution in [0.4, 0.5) is 0 Å². The molecule has 0 fully saturated rings. The van der Waals surface area contributed by atoms with Crippen molar-refractivity contribution in [1.29, 1.82) is 0 Å². The Morgan fingerprint density at radius 3 is 2.47 bits per heavy atom. The summed E-state index contributed by atoms with van der Waals surface area (Å²) in [4.78, 5) is 4.64. The van der Waals surface area contributed by atoms with Crippen LogP contribution >= 0.6 is 11.6 Å². The highest BCUT2D eigenvalue weighted by Gasteiger charge is 2.07. The van der Waals surface area contributed by atoms with Gasteiger partial charge in [0.05, 0.1) is 0 Å². The van der Waals surface area contributed by atoms with Gasteiger partial charge in [0.1, 0.15) is 0 Å². The maximum atomic E-state index is 6.30. The molecule has 1 aromatic carbocycles. The third-order valence-electron chi connectivity index (χ3n) is 3.27. The Kier molecular flexibility index (Phi) is 7.39. The first-order chi connectivity index (χ1) is 9.06. The highest BCUT2D eigenvalue weighted by molar-refractivity contribution is 6.31. The fraction of sp³-hybridized carbons (Fsp3) is 0.600. The van der Waals surface area contributed by atoms with Crippen LogP contribution in [-0.4, -0.2) is 43.5 Å². The molecule has 0 aliphatic carbocycles. The minimum absolute atomic E-state index is 0.542. The minimum atomic E-state index is 0.542. The van der Waals surface area contributed by atoms with Crippen molar-refractivity contribution in [3.63, 3.8) is 0 Å². The fourth-order valence-electron chi connectivity index (χ4n) is 2.05. The molecule has 0 amide bonds. The zero-order valence-electron chi connectivity index (χ0n) is 12.3. The molecule has 1 aromatic rings. The van der Waals surface area contributed by atoms with Crippen LogP contribution < -0.4 is 5.73 Å². The lowest BCUT2D eigenvalue weighted by Gasteiger charge is -2.22. The number of hydrogen-bond donors (Lipinski definition) is 1. The molecular weight excluding hydrogens is 258 g/mol. The first-order valence-corrected chi connectivity index (χ1v) is 7.29. The van der Waals surface area contributed by atoms with Gasteiger partial charge >= 0.3 is 0 Å². The van der Waals surface area contributed by atoms with Gasteiger partial charge in [-0.1, -0.05) is 30.7 Å². The van der Waals surface area contributed by atoms with E-state index in [1.165, 1.54) is 12.0 Å². The Labute approximate surface area is 122 Å². The first-order valence-electron chi connectivity index (χ1n) is 6.91. The summed E-state index contributed by atoms with van der Waals surface area (Å²) in [5, 5.41) is 0.828. The number of nitrogens with zero attached hydrogens (tertiary/aromatic N) is 2. The quantitative estimate of drug-likeness (QED) is 0.796. The molecule has 0 aliphatic rings. The molecule has 0 unspecified atom stereocenters. The smallest absolute Gasteiger partial charge is 0.0454 e. The molecule has 108 valence electrons. The molecule has 0 aliphatic heterocycles. The maximum Gasteiger partial charge on any atom is 0.0454 e. The SMILES string of the molecule is CCN(CCCN(C)C)Cc1ccc(CN)cc1Cl. The fourth-order valence-corrected chi connectivity index (χ4v) is 2.31. The largest absolute Gasteiger partial charge is 0.326 e. The molecule has 0 radical (unpaired) electrons. The normalized spacial score (nSPS) is 11.5. The lowest BCUT2D eigenvalue weighted by molar-refractivity contribution is 0.259. The van der Waals surface area contributed by atoms with Crippen LogP contribution in [0, 0.1) is 0 Å². The molecule has 1 rings (SSSR count). The van der Waals surface area contributed by atoms with Crippen molar-refractivity contribution in [1.82, 2.24) is 9.80 Å². The second-order valence-electron chi connectivity index (χ2n) is 5.16. The van der Waals surface area contributed by atoms with E-state index in [9.17, 15) is 0 Å². The minimum Gasteiger partial charge on any atom is -0.326 e. The number of hydrogen-bond acceptors (Lipinski definition) is 3. The Bertz CT molecular complexity index is 380. The second-order valence-corrected chi connectivity index (χ2v) is 5.56. The van der Waals surface area contributed by atoms with E-state index < -0.39 is 0 Å². The van der Waals surface area contributed by atoms with E-state index in [0.29, 0.717) is 6.54 Å². The predicted octanol–water partition coefficient (Wildman–Crippen LogP) is 2.57. The molecule has 0 saturated carbocycles. The summed E-state index contributed by atoms with van der Waals surface area (Å²) in [6.45, 7) is 6.91. The van der Waals surface area contributed by atoms with E-state index in [1.807, 2.05) is 6.07 Å². The van der Waals surface area contributed by atoms with E-state index >= 15 is 0 Å². The molecule has 19 heavy (non-hydrogen) atoms. The van der Waals surface area contributed by atoms with Gasteiger partial charge in [-0.15, -0.1) is 0 Å². The lowest BCUT2D eigenvalue weighted by atomic mass is 10.1. The Morgan fingerprint density at radius 2 is 1.95 bits per heavy atom. The van der Waals surface area contributed by atoms with Crippen molar-refractivity contribution in [2.75, 3.05) is 33.7 Å². The number of halogens is 1. The van der Waals surface area contributed by atoms with Crippen LogP contribution in [0.1, 0.15) is 24.5 Å². The van der Waals surface area contributed by atoms with Gasteiger partial charge < -0.3 is 10.6 Å². The molecule has 0 heterocycles. The van der Waals surface area contributed by atoms with E-state index in [4.69, 9.17) is 17.3 Å². The Balaban J connectivity index is 2.55. The Hall–Kier alpha value is -0.610. The summed E-state index contributed by atoms with van der Waals surface area (Å²) < 4.78 is 0. The summed E-state index contributed by atoms with van der Waals surface area (Å²) in [6.07, 6.45) is 1.18. The van der Waals surface area contributed by atoms with Gasteiger partial charge in [0.15, 0.2) is 0 Å². The molecule has 3 nitrogen and oxygen atoms in total. The zero-order chi connectivity index (χ0) is 14.3. The second kappa shape index (κ2) is 8.54. The van der Waals surface area contributed by atoms with Gasteiger partial charge in [0.25, 0.3) is 0 Å². The van der Waals surface area contributed by atoms with Crippen LogP contribution in [0.2, 0.25) is 5.02 Å². The van der Waals surface area contributed by atoms with Gasteiger partial charge in [0.2, 0.25) is 0 Å². The number of rotatable bonds is 8. The molecule has 0 bridgehead atoms. The van der Waals surface area contributed by atoms with Gasteiger partial charge in [-0.2, -0.15) is 0 Å². The standard InChI is InChI=1S/C15H26ClN3/c1-4-19(9-5-8-18(2)3)12-14-7-6-13(11-17)10-15(14)16/h6-7,10H,4-5,8-9,11-12,17H2,1-3H3. The van der Waals surface area contributed by atoms with E-state index in [2.05, 4.69) is 43.0 Å². The Morgan fingerprint density at radius 1 is 1.21 bits per heavy atom. The monoisotopic (exact) mass is 283 g/mol. The van der Waals surface area contributed by atoms with Crippen molar-refractivity contribution < 1.29 is 0 Å². The first kappa shape index (κ1) is 16.4. The summed E-state index contributed by atoms with van der Waals surface area (Å²) in [7, 11) is 4.22. The summed E-state index contributed by atoms with van der Waals surface area (Å²) in [6, 6.07) is 6.14. The molecule has 2 N–H and O–H groups in total. The van der Waals surface area contributed by atoms with Gasteiger partial charge in [-0.25, -0.2) is 0 Å². The van der Waals surface area contributed by atoms with Crippen molar-refractivity contribution in [2.45, 2.75) is 26.4 Å².